The Morgan fingerprint density at radius 1 is 1.69 bits per heavy atom. The molecule has 0 amide bonds. The lowest BCUT2D eigenvalue weighted by molar-refractivity contribution is 0.697. The fourth-order valence-electron chi connectivity index (χ4n) is 1.64. The van der Waals surface area contributed by atoms with Crippen molar-refractivity contribution in [3.8, 4) is 0 Å². The highest BCUT2D eigenvalue weighted by atomic mass is 16.1. The lowest BCUT2D eigenvalue weighted by Gasteiger charge is -2.15. The van der Waals surface area contributed by atoms with E-state index in [1.165, 1.54) is 6.07 Å². The summed E-state index contributed by atoms with van der Waals surface area (Å²) in [5.74, 6) is 1.90. The number of aromatic nitrogens is 2. The second-order valence-electron chi connectivity index (χ2n) is 4.28. The molecule has 1 saturated carbocycles. The van der Waals surface area contributed by atoms with Crippen LogP contribution in [-0.2, 0) is 0 Å². The molecule has 0 saturated heterocycles. The van der Waals surface area contributed by atoms with Gasteiger partial charge in [0.25, 0.3) is 5.56 Å². The van der Waals surface area contributed by atoms with Gasteiger partial charge < -0.3 is 16.0 Å². The molecule has 16 heavy (non-hydrogen) atoms. The van der Waals surface area contributed by atoms with Gasteiger partial charge in [0.1, 0.15) is 11.6 Å². The van der Waals surface area contributed by atoms with Crippen molar-refractivity contribution in [2.75, 3.05) is 11.9 Å². The topological polar surface area (TPSA) is 83.8 Å². The minimum Gasteiger partial charge on any atom is -0.366 e. The Morgan fingerprint density at radius 3 is 3.00 bits per heavy atom. The predicted molar refractivity (Wildman–Crippen MR) is 63.6 cm³/mol. The van der Waals surface area contributed by atoms with Gasteiger partial charge in [0, 0.05) is 24.6 Å². The maximum absolute atomic E-state index is 11.4. The first-order valence-corrected chi connectivity index (χ1v) is 5.80. The van der Waals surface area contributed by atoms with Crippen LogP contribution in [0.25, 0.3) is 0 Å². The summed E-state index contributed by atoms with van der Waals surface area (Å²) in [6, 6.07) is 1.67. The Balaban J connectivity index is 2.16. The molecule has 5 nitrogen and oxygen atoms in total. The van der Waals surface area contributed by atoms with Crippen molar-refractivity contribution in [2.45, 2.75) is 38.1 Å². The molecule has 88 valence electrons. The first-order chi connectivity index (χ1) is 7.72. The summed E-state index contributed by atoms with van der Waals surface area (Å²) in [5.41, 5.74) is 5.51. The number of nitrogens with zero attached hydrogens (tertiary/aromatic N) is 1. The summed E-state index contributed by atoms with van der Waals surface area (Å²) in [6.45, 7) is 2.60. The fraction of sp³-hybridized carbons (Fsp3) is 0.636. The molecule has 1 fully saturated rings. The van der Waals surface area contributed by atoms with E-state index >= 15 is 0 Å². The number of H-pyrrole nitrogens is 1. The van der Waals surface area contributed by atoms with Crippen LogP contribution < -0.4 is 16.6 Å². The maximum Gasteiger partial charge on any atom is 0.252 e. The summed E-state index contributed by atoms with van der Waals surface area (Å²) in [5, 5.41) is 3.19. The van der Waals surface area contributed by atoms with E-state index in [1.54, 1.807) is 0 Å². The van der Waals surface area contributed by atoms with E-state index in [0.717, 1.165) is 25.1 Å². The normalized spacial score (nSPS) is 17.1. The van der Waals surface area contributed by atoms with E-state index in [2.05, 4.69) is 22.2 Å². The van der Waals surface area contributed by atoms with Crippen molar-refractivity contribution in [3.63, 3.8) is 0 Å². The molecule has 1 aliphatic carbocycles. The van der Waals surface area contributed by atoms with E-state index in [9.17, 15) is 4.79 Å². The SMILES string of the molecule is CCC(CN)Nc1cc(=O)[nH]c(C2CC2)n1. The van der Waals surface area contributed by atoms with Gasteiger partial charge in [0.05, 0.1) is 0 Å². The molecule has 0 aliphatic heterocycles. The number of anilines is 1. The Hall–Kier alpha value is -1.36. The van der Waals surface area contributed by atoms with E-state index in [-0.39, 0.29) is 11.6 Å². The standard InChI is InChI=1S/C11H18N4O/c1-2-8(6-12)13-9-5-10(16)15-11(14-9)7-3-4-7/h5,7-8H,2-4,6,12H2,1H3,(H2,13,14,15,16). The monoisotopic (exact) mass is 222 g/mol. The summed E-state index contributed by atoms with van der Waals surface area (Å²) < 4.78 is 0. The van der Waals surface area contributed by atoms with Crippen LogP contribution in [0.2, 0.25) is 0 Å². The molecule has 1 aromatic heterocycles. The van der Waals surface area contributed by atoms with Crippen LogP contribution >= 0.6 is 0 Å². The molecule has 4 N–H and O–H groups in total. The number of nitrogens with one attached hydrogen (secondary N) is 2. The van der Waals surface area contributed by atoms with Gasteiger partial charge in [0.2, 0.25) is 0 Å². The van der Waals surface area contributed by atoms with Crippen LogP contribution in [0, 0.1) is 0 Å². The summed E-state index contributed by atoms with van der Waals surface area (Å²) in [4.78, 5) is 18.6. The van der Waals surface area contributed by atoms with Crippen molar-refractivity contribution < 1.29 is 0 Å². The summed E-state index contributed by atoms with van der Waals surface area (Å²) >= 11 is 0. The second kappa shape index (κ2) is 4.65. The zero-order chi connectivity index (χ0) is 11.5. The largest absolute Gasteiger partial charge is 0.366 e. The van der Waals surface area contributed by atoms with Crippen molar-refractivity contribution in [1.82, 2.24) is 9.97 Å². The molecule has 0 radical (unpaired) electrons. The molecule has 1 unspecified atom stereocenters. The van der Waals surface area contributed by atoms with Crippen LogP contribution in [0.4, 0.5) is 5.82 Å². The van der Waals surface area contributed by atoms with Crippen molar-refractivity contribution >= 4 is 5.82 Å². The summed E-state index contributed by atoms with van der Waals surface area (Å²) in [7, 11) is 0. The Kier molecular flexibility index (Phi) is 3.24. The van der Waals surface area contributed by atoms with Crippen LogP contribution in [0.1, 0.15) is 37.9 Å². The van der Waals surface area contributed by atoms with E-state index in [4.69, 9.17) is 5.73 Å². The highest BCUT2D eigenvalue weighted by Gasteiger charge is 2.26. The zero-order valence-corrected chi connectivity index (χ0v) is 9.49. The molecule has 5 heteroatoms. The Labute approximate surface area is 94.5 Å². The van der Waals surface area contributed by atoms with Gasteiger partial charge in [-0.05, 0) is 19.3 Å². The van der Waals surface area contributed by atoms with Crippen molar-refractivity contribution in [2.24, 2.45) is 5.73 Å². The van der Waals surface area contributed by atoms with E-state index < -0.39 is 0 Å². The third kappa shape index (κ3) is 2.61. The number of rotatable bonds is 5. The summed E-state index contributed by atoms with van der Waals surface area (Å²) in [6.07, 6.45) is 3.17. The minimum atomic E-state index is -0.0914. The quantitative estimate of drug-likeness (QED) is 0.688. The van der Waals surface area contributed by atoms with Crippen LogP contribution in [0.15, 0.2) is 10.9 Å². The van der Waals surface area contributed by atoms with Gasteiger partial charge in [0.15, 0.2) is 0 Å². The number of hydrogen-bond donors (Lipinski definition) is 3. The highest BCUT2D eigenvalue weighted by molar-refractivity contribution is 5.35. The van der Waals surface area contributed by atoms with Gasteiger partial charge in [-0.2, -0.15) is 0 Å². The predicted octanol–water partition coefficient (Wildman–Crippen LogP) is 0.796. The molecule has 1 aromatic rings. The highest BCUT2D eigenvalue weighted by Crippen LogP contribution is 2.37. The Morgan fingerprint density at radius 2 is 2.44 bits per heavy atom. The molecule has 0 bridgehead atoms. The number of hydrogen-bond acceptors (Lipinski definition) is 4. The molecule has 1 atom stereocenters. The lowest BCUT2D eigenvalue weighted by Crippen LogP contribution is -2.29. The van der Waals surface area contributed by atoms with Crippen molar-refractivity contribution in [3.05, 3.63) is 22.2 Å². The van der Waals surface area contributed by atoms with E-state index in [0.29, 0.717) is 18.3 Å². The van der Waals surface area contributed by atoms with Gasteiger partial charge in [-0.1, -0.05) is 6.92 Å². The first-order valence-electron chi connectivity index (χ1n) is 5.80. The lowest BCUT2D eigenvalue weighted by atomic mass is 10.2. The zero-order valence-electron chi connectivity index (χ0n) is 9.49. The van der Waals surface area contributed by atoms with Gasteiger partial charge in [-0.3, -0.25) is 4.79 Å². The molecule has 1 aliphatic rings. The van der Waals surface area contributed by atoms with Gasteiger partial charge in [-0.15, -0.1) is 0 Å². The minimum absolute atomic E-state index is 0.0914. The number of aromatic amines is 1. The third-order valence-corrected chi connectivity index (χ3v) is 2.85. The average molecular weight is 222 g/mol. The molecular formula is C11H18N4O. The number of nitrogens with two attached hydrogens (primary N) is 1. The average Bonchev–Trinajstić information content (AvgIpc) is 3.08. The molecule has 0 aromatic carbocycles. The van der Waals surface area contributed by atoms with Crippen LogP contribution in [-0.4, -0.2) is 22.6 Å². The molecular weight excluding hydrogens is 204 g/mol. The second-order valence-corrected chi connectivity index (χ2v) is 4.28. The third-order valence-electron chi connectivity index (χ3n) is 2.85. The van der Waals surface area contributed by atoms with Crippen LogP contribution in [0.5, 0.6) is 0 Å². The van der Waals surface area contributed by atoms with Crippen LogP contribution in [0.3, 0.4) is 0 Å². The first kappa shape index (κ1) is 11.1. The van der Waals surface area contributed by atoms with Gasteiger partial charge in [-0.25, -0.2) is 4.98 Å². The maximum atomic E-state index is 11.4. The van der Waals surface area contributed by atoms with Crippen molar-refractivity contribution in [1.29, 1.82) is 0 Å². The Bertz CT molecular complexity index is 407. The van der Waals surface area contributed by atoms with Gasteiger partial charge >= 0.3 is 0 Å². The molecule has 1 heterocycles. The molecule has 0 spiro atoms. The van der Waals surface area contributed by atoms with E-state index in [1.807, 2.05) is 0 Å². The fourth-order valence-corrected chi connectivity index (χ4v) is 1.64. The molecule has 2 rings (SSSR count). The smallest absolute Gasteiger partial charge is 0.252 e.